The van der Waals surface area contributed by atoms with Crippen molar-refractivity contribution < 1.29 is 8.83 Å². The van der Waals surface area contributed by atoms with Crippen LogP contribution in [-0.2, 0) is 0 Å². The van der Waals surface area contributed by atoms with E-state index in [1.807, 2.05) is 60.7 Å². The molecule has 0 aliphatic heterocycles. The first kappa shape index (κ1) is 27.1. The van der Waals surface area contributed by atoms with Gasteiger partial charge in [-0.1, -0.05) is 127 Å². The largest absolute Gasteiger partial charge is 0.456 e. The van der Waals surface area contributed by atoms with Crippen molar-refractivity contribution in [1.82, 2.24) is 15.0 Å². The maximum Gasteiger partial charge on any atom is 0.164 e. The van der Waals surface area contributed by atoms with Crippen molar-refractivity contribution in [2.45, 2.75) is 0 Å². The van der Waals surface area contributed by atoms with Crippen molar-refractivity contribution in [3.63, 3.8) is 0 Å². The van der Waals surface area contributed by atoms with Gasteiger partial charge in [-0.3, -0.25) is 0 Å². The smallest absolute Gasteiger partial charge is 0.164 e. The molecule has 50 heavy (non-hydrogen) atoms. The average molecular weight is 640 g/mol. The normalized spacial score (nSPS) is 12.0. The van der Waals surface area contributed by atoms with E-state index in [0.29, 0.717) is 17.5 Å². The van der Waals surface area contributed by atoms with Gasteiger partial charge in [-0.05, 0) is 45.8 Å². The SMILES string of the molecule is c1ccc(-c2nc(-c3cc4oc5c6ccccc6ccc5c4c4c3ccc3ccccc34)nc(-c3cccc4oc5ccccc5c34)n2)cc1. The van der Waals surface area contributed by atoms with Gasteiger partial charge in [0.1, 0.15) is 22.3 Å². The first-order valence-corrected chi connectivity index (χ1v) is 16.7. The zero-order valence-electron chi connectivity index (χ0n) is 26.6. The van der Waals surface area contributed by atoms with E-state index in [1.165, 1.54) is 0 Å². The summed E-state index contributed by atoms with van der Waals surface area (Å²) >= 11 is 0. The number of rotatable bonds is 3. The lowest BCUT2D eigenvalue weighted by Crippen LogP contribution is -2.01. The van der Waals surface area contributed by atoms with Crippen LogP contribution in [0.4, 0.5) is 0 Å². The predicted molar refractivity (Wildman–Crippen MR) is 203 cm³/mol. The van der Waals surface area contributed by atoms with E-state index in [4.69, 9.17) is 23.8 Å². The fourth-order valence-electron chi connectivity index (χ4n) is 7.66. The van der Waals surface area contributed by atoms with Gasteiger partial charge in [0.25, 0.3) is 0 Å². The van der Waals surface area contributed by atoms with E-state index in [1.54, 1.807) is 0 Å². The van der Waals surface area contributed by atoms with Gasteiger partial charge in [0, 0.05) is 49.0 Å². The maximum atomic E-state index is 6.83. The molecule has 0 atom stereocenters. The van der Waals surface area contributed by atoms with Crippen molar-refractivity contribution in [2.75, 3.05) is 0 Å². The minimum atomic E-state index is 0.575. The molecule has 0 aliphatic rings. The van der Waals surface area contributed by atoms with Gasteiger partial charge in [-0.25, -0.2) is 15.0 Å². The minimum absolute atomic E-state index is 0.575. The van der Waals surface area contributed by atoms with Crippen molar-refractivity contribution in [1.29, 1.82) is 0 Å². The van der Waals surface area contributed by atoms with Gasteiger partial charge in [0.2, 0.25) is 0 Å². The monoisotopic (exact) mass is 639 g/mol. The van der Waals surface area contributed by atoms with Gasteiger partial charge in [0.05, 0.1) is 0 Å². The van der Waals surface area contributed by atoms with E-state index < -0.39 is 0 Å². The molecule has 0 amide bonds. The molecule has 5 nitrogen and oxygen atoms in total. The number of nitrogens with zero attached hydrogens (tertiary/aromatic N) is 3. The zero-order valence-corrected chi connectivity index (χ0v) is 26.6. The van der Waals surface area contributed by atoms with Crippen LogP contribution in [0.1, 0.15) is 0 Å². The second kappa shape index (κ2) is 10.3. The summed E-state index contributed by atoms with van der Waals surface area (Å²) in [5.41, 5.74) is 5.97. The summed E-state index contributed by atoms with van der Waals surface area (Å²) in [5.74, 6) is 1.75. The minimum Gasteiger partial charge on any atom is -0.456 e. The fourth-order valence-corrected chi connectivity index (χ4v) is 7.66. The quantitative estimate of drug-likeness (QED) is 0.180. The number of aromatic nitrogens is 3. The number of para-hydroxylation sites is 1. The second-order valence-electron chi connectivity index (χ2n) is 12.7. The standard InChI is InChI=1S/C45H25N3O2/c1-2-13-28(14-3-1)43-46-44(34-18-10-20-37-39(34)32-17-8-9-19-36(32)49-37)48-45(47-43)35-25-38-41(40-29-15-6-4-11-26(29)21-23-31(35)40)33-24-22-27-12-5-7-16-30(27)42(33)50-38/h1-25H. The Hall–Kier alpha value is -6.85. The third-order valence-electron chi connectivity index (χ3n) is 9.90. The number of hydrogen-bond donors (Lipinski definition) is 0. The highest BCUT2D eigenvalue weighted by atomic mass is 16.3. The van der Waals surface area contributed by atoms with Crippen LogP contribution in [0.15, 0.2) is 160 Å². The van der Waals surface area contributed by atoms with Crippen molar-refractivity contribution in [3.8, 4) is 34.2 Å². The molecule has 3 heterocycles. The van der Waals surface area contributed by atoms with E-state index in [2.05, 4.69) is 91.0 Å². The summed E-state index contributed by atoms with van der Waals surface area (Å²) in [4.78, 5) is 15.6. The number of fused-ring (bicyclic) bond motifs is 12. The molecule has 0 spiro atoms. The number of furan rings is 2. The highest BCUT2D eigenvalue weighted by Crippen LogP contribution is 2.44. The van der Waals surface area contributed by atoms with Gasteiger partial charge in [-0.15, -0.1) is 0 Å². The first-order chi connectivity index (χ1) is 24.8. The molecule has 0 aliphatic carbocycles. The Morgan fingerprint density at radius 1 is 0.340 bits per heavy atom. The molecule has 11 rings (SSSR count). The number of hydrogen-bond acceptors (Lipinski definition) is 5. The van der Waals surface area contributed by atoms with Crippen LogP contribution in [0.3, 0.4) is 0 Å². The fraction of sp³-hybridized carbons (Fsp3) is 0. The topological polar surface area (TPSA) is 65.0 Å². The molecule has 3 aromatic heterocycles. The van der Waals surface area contributed by atoms with Crippen molar-refractivity contribution in [3.05, 3.63) is 152 Å². The van der Waals surface area contributed by atoms with E-state index in [0.717, 1.165) is 92.9 Å². The Balaban J connectivity index is 1.28. The third-order valence-corrected chi connectivity index (χ3v) is 9.90. The summed E-state index contributed by atoms with van der Waals surface area (Å²) in [6, 6.07) is 52.1. The Bertz CT molecular complexity index is 3160. The van der Waals surface area contributed by atoms with E-state index in [9.17, 15) is 0 Å². The second-order valence-corrected chi connectivity index (χ2v) is 12.7. The molecule has 5 heteroatoms. The number of benzene rings is 8. The molecule has 0 N–H and O–H groups in total. The summed E-state index contributed by atoms with van der Waals surface area (Å²) in [6.07, 6.45) is 0. The molecule has 8 aromatic carbocycles. The van der Waals surface area contributed by atoms with Crippen molar-refractivity contribution >= 4 is 76.2 Å². The molecular formula is C45H25N3O2. The highest BCUT2D eigenvalue weighted by Gasteiger charge is 2.22. The molecule has 0 radical (unpaired) electrons. The van der Waals surface area contributed by atoms with Crippen LogP contribution >= 0.6 is 0 Å². The zero-order chi connectivity index (χ0) is 32.8. The molecule has 11 aromatic rings. The predicted octanol–water partition coefficient (Wildman–Crippen LogP) is 12.1. The molecule has 0 saturated carbocycles. The average Bonchev–Trinajstić information content (AvgIpc) is 3.76. The van der Waals surface area contributed by atoms with Crippen LogP contribution in [0.25, 0.3) is 110 Å². The summed E-state index contributed by atoms with van der Waals surface area (Å²) < 4.78 is 13.1. The van der Waals surface area contributed by atoms with Gasteiger partial charge < -0.3 is 8.83 Å². The van der Waals surface area contributed by atoms with Crippen LogP contribution in [0.5, 0.6) is 0 Å². The lowest BCUT2D eigenvalue weighted by molar-refractivity contribution is 0.669. The molecule has 0 unspecified atom stereocenters. The summed E-state index contributed by atoms with van der Waals surface area (Å²) in [6.45, 7) is 0. The van der Waals surface area contributed by atoms with E-state index >= 15 is 0 Å². The van der Waals surface area contributed by atoms with Crippen molar-refractivity contribution in [2.24, 2.45) is 0 Å². The third kappa shape index (κ3) is 3.92. The summed E-state index contributed by atoms with van der Waals surface area (Å²) in [5, 5.41) is 10.9. The van der Waals surface area contributed by atoms with E-state index in [-0.39, 0.29) is 0 Å². The Labute approximate surface area is 285 Å². The molecule has 0 saturated heterocycles. The Kier molecular flexibility index (Phi) is 5.60. The first-order valence-electron chi connectivity index (χ1n) is 16.7. The summed E-state index contributed by atoms with van der Waals surface area (Å²) in [7, 11) is 0. The van der Waals surface area contributed by atoms with Crippen LogP contribution in [0.2, 0.25) is 0 Å². The van der Waals surface area contributed by atoms with Gasteiger partial charge in [0.15, 0.2) is 17.5 Å². The molecule has 0 bridgehead atoms. The van der Waals surface area contributed by atoms with Gasteiger partial charge >= 0.3 is 0 Å². The lowest BCUT2D eigenvalue weighted by atomic mass is 9.93. The van der Waals surface area contributed by atoms with Crippen LogP contribution in [0, 0.1) is 0 Å². The van der Waals surface area contributed by atoms with Crippen LogP contribution < -0.4 is 0 Å². The molecular weight excluding hydrogens is 615 g/mol. The molecule has 0 fully saturated rings. The highest BCUT2D eigenvalue weighted by molar-refractivity contribution is 6.31. The lowest BCUT2D eigenvalue weighted by Gasteiger charge is -2.13. The maximum absolute atomic E-state index is 6.83. The Morgan fingerprint density at radius 3 is 1.82 bits per heavy atom. The van der Waals surface area contributed by atoms with Gasteiger partial charge in [-0.2, -0.15) is 0 Å². The molecule has 232 valence electrons. The van der Waals surface area contributed by atoms with Crippen LogP contribution in [-0.4, -0.2) is 15.0 Å². The Morgan fingerprint density at radius 2 is 0.980 bits per heavy atom.